The molecule has 1 aromatic carbocycles. The molecule has 3 amide bonds. The maximum absolute atomic E-state index is 11.6. The molecule has 0 heterocycles. The molecule has 0 aliphatic carbocycles. The van der Waals surface area contributed by atoms with Gasteiger partial charge < -0.3 is 10.1 Å². The van der Waals surface area contributed by atoms with Gasteiger partial charge in [-0.3, -0.25) is 25.2 Å². The van der Waals surface area contributed by atoms with Crippen molar-refractivity contribution in [3.8, 4) is 5.75 Å². The third-order valence-electron chi connectivity index (χ3n) is 2.97. The smallest absolute Gasteiger partial charge is 0.327 e. The van der Waals surface area contributed by atoms with Crippen molar-refractivity contribution in [3.05, 3.63) is 28.3 Å². The Balaban J connectivity index is 2.39. The topological polar surface area (TPSA) is 96.5 Å². The van der Waals surface area contributed by atoms with E-state index in [1.54, 1.807) is 12.1 Å². The minimum atomic E-state index is -0.942. The van der Waals surface area contributed by atoms with Crippen molar-refractivity contribution in [1.29, 1.82) is 0 Å². The number of carbonyl (C=O) groups excluding carboxylic acids is 3. The lowest BCUT2D eigenvalue weighted by atomic mass is 10.1. The van der Waals surface area contributed by atoms with Gasteiger partial charge in [-0.25, -0.2) is 0 Å². The number of ether oxygens (including phenoxy) is 1. The van der Waals surface area contributed by atoms with Gasteiger partial charge in [0.15, 0.2) is 6.61 Å². The zero-order valence-corrected chi connectivity index (χ0v) is 14.9. The molecule has 1 rings (SSSR count). The zero-order valence-electron chi connectivity index (χ0n) is 14.2. The fourth-order valence-corrected chi connectivity index (χ4v) is 1.84. The van der Waals surface area contributed by atoms with Crippen LogP contribution in [0.25, 0.3) is 0 Å². The molecule has 7 nitrogen and oxygen atoms in total. The maximum Gasteiger partial charge on any atom is 0.327 e. The molecule has 132 valence electrons. The fraction of sp³-hybridized carbons (Fsp3) is 0.438. The predicted octanol–water partition coefficient (Wildman–Crippen LogP) is 1.26. The molecule has 0 aliphatic rings. The van der Waals surface area contributed by atoms with Crippen molar-refractivity contribution in [2.75, 3.05) is 13.2 Å². The van der Waals surface area contributed by atoms with Gasteiger partial charge in [0.25, 0.3) is 5.91 Å². The Labute approximate surface area is 146 Å². The lowest BCUT2D eigenvalue weighted by Gasteiger charge is -2.11. The Morgan fingerprint density at radius 1 is 1.08 bits per heavy atom. The van der Waals surface area contributed by atoms with E-state index in [0.717, 1.165) is 11.1 Å². The van der Waals surface area contributed by atoms with Crippen molar-refractivity contribution in [1.82, 2.24) is 16.2 Å². The number of nitrogens with one attached hydrogen (secondary N) is 3. The zero-order chi connectivity index (χ0) is 18.3. The number of hydrazine groups is 1. The summed E-state index contributed by atoms with van der Waals surface area (Å²) < 4.78 is 5.33. The highest BCUT2D eigenvalue weighted by molar-refractivity contribution is 6.35. The number of rotatable bonds is 5. The number of benzene rings is 1. The van der Waals surface area contributed by atoms with Crippen LogP contribution in [-0.2, 0) is 14.4 Å². The predicted molar refractivity (Wildman–Crippen MR) is 90.6 cm³/mol. The van der Waals surface area contributed by atoms with Gasteiger partial charge in [-0.2, -0.15) is 0 Å². The van der Waals surface area contributed by atoms with Crippen LogP contribution in [0.2, 0.25) is 5.02 Å². The third kappa shape index (κ3) is 6.45. The van der Waals surface area contributed by atoms with Gasteiger partial charge >= 0.3 is 11.8 Å². The average Bonchev–Trinajstić information content (AvgIpc) is 2.52. The van der Waals surface area contributed by atoms with E-state index < -0.39 is 17.7 Å². The number of halogens is 1. The second kappa shape index (κ2) is 9.12. The Kier molecular flexibility index (Phi) is 7.51. The summed E-state index contributed by atoms with van der Waals surface area (Å²) in [5.41, 5.74) is 5.80. The molecule has 0 spiro atoms. The van der Waals surface area contributed by atoms with Crippen molar-refractivity contribution < 1.29 is 19.1 Å². The molecule has 0 aliphatic heterocycles. The first-order chi connectivity index (χ1) is 11.2. The fourth-order valence-electron chi connectivity index (χ4n) is 1.73. The van der Waals surface area contributed by atoms with Crippen molar-refractivity contribution >= 4 is 29.3 Å². The standard InChI is InChI=1S/C16H22ClN3O4/c1-9(2)7-18-15(22)16(23)20-19-13(21)8-24-12-5-10(3)14(17)11(4)6-12/h5-6,9H,7-8H2,1-4H3,(H,18,22)(H,19,21)(H,20,23). The van der Waals surface area contributed by atoms with Crippen molar-refractivity contribution in [2.45, 2.75) is 27.7 Å². The van der Waals surface area contributed by atoms with Crippen LogP contribution in [-0.4, -0.2) is 30.9 Å². The van der Waals surface area contributed by atoms with E-state index >= 15 is 0 Å². The quantitative estimate of drug-likeness (QED) is 0.547. The molecule has 0 fully saturated rings. The van der Waals surface area contributed by atoms with Crippen LogP contribution >= 0.6 is 11.6 Å². The van der Waals surface area contributed by atoms with E-state index in [0.29, 0.717) is 17.3 Å². The second-order valence-electron chi connectivity index (χ2n) is 5.77. The first kappa shape index (κ1) is 19.8. The van der Waals surface area contributed by atoms with Crippen LogP contribution in [0.3, 0.4) is 0 Å². The van der Waals surface area contributed by atoms with E-state index in [1.807, 2.05) is 33.1 Å². The number of carbonyl (C=O) groups is 3. The van der Waals surface area contributed by atoms with Gasteiger partial charge in [-0.05, 0) is 43.0 Å². The number of hydrogen-bond donors (Lipinski definition) is 3. The molecule has 24 heavy (non-hydrogen) atoms. The summed E-state index contributed by atoms with van der Waals surface area (Å²) in [6.07, 6.45) is 0. The van der Waals surface area contributed by atoms with E-state index in [4.69, 9.17) is 16.3 Å². The van der Waals surface area contributed by atoms with Crippen molar-refractivity contribution in [2.24, 2.45) is 5.92 Å². The van der Waals surface area contributed by atoms with E-state index in [2.05, 4.69) is 10.7 Å². The first-order valence-electron chi connectivity index (χ1n) is 7.47. The summed E-state index contributed by atoms with van der Waals surface area (Å²) >= 11 is 6.05. The Hall–Kier alpha value is -2.28. The summed E-state index contributed by atoms with van der Waals surface area (Å²) in [7, 11) is 0. The Morgan fingerprint density at radius 3 is 2.21 bits per heavy atom. The summed E-state index contributed by atoms with van der Waals surface area (Å²) in [5.74, 6) is -1.64. The molecular formula is C16H22ClN3O4. The van der Waals surface area contributed by atoms with Crippen LogP contribution in [0.5, 0.6) is 5.75 Å². The Bertz CT molecular complexity index is 609. The monoisotopic (exact) mass is 355 g/mol. The van der Waals surface area contributed by atoms with Gasteiger partial charge in [0.1, 0.15) is 5.75 Å². The van der Waals surface area contributed by atoms with Gasteiger partial charge in [0, 0.05) is 11.6 Å². The van der Waals surface area contributed by atoms with Crippen LogP contribution < -0.4 is 20.9 Å². The molecule has 0 saturated carbocycles. The minimum Gasteiger partial charge on any atom is -0.484 e. The van der Waals surface area contributed by atoms with Crippen molar-refractivity contribution in [3.63, 3.8) is 0 Å². The average molecular weight is 356 g/mol. The van der Waals surface area contributed by atoms with E-state index in [-0.39, 0.29) is 12.5 Å². The normalized spacial score (nSPS) is 10.2. The molecule has 0 unspecified atom stereocenters. The highest BCUT2D eigenvalue weighted by atomic mass is 35.5. The largest absolute Gasteiger partial charge is 0.484 e. The van der Waals surface area contributed by atoms with Gasteiger partial charge in [0.2, 0.25) is 0 Å². The molecule has 0 aromatic heterocycles. The summed E-state index contributed by atoms with van der Waals surface area (Å²) in [6, 6.07) is 3.42. The third-order valence-corrected chi connectivity index (χ3v) is 3.57. The molecule has 1 aromatic rings. The maximum atomic E-state index is 11.6. The summed E-state index contributed by atoms with van der Waals surface area (Å²) in [4.78, 5) is 34.5. The lowest BCUT2D eigenvalue weighted by molar-refractivity contribution is -0.141. The van der Waals surface area contributed by atoms with Gasteiger partial charge in [0.05, 0.1) is 0 Å². The number of aryl methyl sites for hydroxylation is 2. The minimum absolute atomic E-state index is 0.219. The molecule has 0 atom stereocenters. The summed E-state index contributed by atoms with van der Waals surface area (Å²) in [5, 5.41) is 3.08. The first-order valence-corrected chi connectivity index (χ1v) is 7.85. The van der Waals surface area contributed by atoms with Gasteiger partial charge in [-0.1, -0.05) is 25.4 Å². The molecule has 0 saturated heterocycles. The van der Waals surface area contributed by atoms with Crippen LogP contribution in [0.4, 0.5) is 0 Å². The van der Waals surface area contributed by atoms with E-state index in [1.165, 1.54) is 0 Å². The number of hydrogen-bond acceptors (Lipinski definition) is 4. The molecule has 3 N–H and O–H groups in total. The van der Waals surface area contributed by atoms with Crippen LogP contribution in [0.1, 0.15) is 25.0 Å². The van der Waals surface area contributed by atoms with Gasteiger partial charge in [-0.15, -0.1) is 0 Å². The second-order valence-corrected chi connectivity index (χ2v) is 6.14. The molecule has 0 bridgehead atoms. The molecular weight excluding hydrogens is 334 g/mol. The van der Waals surface area contributed by atoms with E-state index in [9.17, 15) is 14.4 Å². The van der Waals surface area contributed by atoms with Crippen LogP contribution in [0, 0.1) is 19.8 Å². The highest BCUT2D eigenvalue weighted by Gasteiger charge is 2.14. The SMILES string of the molecule is Cc1cc(OCC(=O)NNC(=O)C(=O)NCC(C)C)cc(C)c1Cl. The van der Waals surface area contributed by atoms with Crippen LogP contribution in [0.15, 0.2) is 12.1 Å². The number of amides is 3. The Morgan fingerprint density at radius 2 is 1.67 bits per heavy atom. The lowest BCUT2D eigenvalue weighted by Crippen LogP contribution is -2.50. The summed E-state index contributed by atoms with van der Waals surface area (Å²) in [6.45, 7) is 7.53. The highest BCUT2D eigenvalue weighted by Crippen LogP contribution is 2.25. The molecule has 8 heteroatoms. The molecule has 0 radical (unpaired) electrons.